The van der Waals surface area contributed by atoms with Gasteiger partial charge in [0.05, 0.1) is 5.25 Å². The monoisotopic (exact) mass is 247 g/mol. The van der Waals surface area contributed by atoms with Crippen molar-refractivity contribution in [2.75, 3.05) is 13.1 Å². The standard InChI is InChI=1S/C10H17NO4S/c1-2-7-11(8-10(12)13)16(14,15)9-5-3-4-6-9/h2,9H,1,3-8H2,(H,12,13). The Labute approximate surface area is 95.8 Å². The van der Waals surface area contributed by atoms with Gasteiger partial charge in [0.15, 0.2) is 0 Å². The van der Waals surface area contributed by atoms with Crippen LogP contribution in [-0.2, 0) is 14.8 Å². The van der Waals surface area contributed by atoms with Crippen LogP contribution in [0.5, 0.6) is 0 Å². The molecule has 1 N–H and O–H groups in total. The Hall–Kier alpha value is -0.880. The van der Waals surface area contributed by atoms with Gasteiger partial charge in [-0.1, -0.05) is 18.9 Å². The summed E-state index contributed by atoms with van der Waals surface area (Å²) in [5, 5.41) is 8.27. The van der Waals surface area contributed by atoms with Crippen molar-refractivity contribution in [3.05, 3.63) is 12.7 Å². The second-order valence-electron chi connectivity index (χ2n) is 3.93. The molecule has 0 spiro atoms. The average molecular weight is 247 g/mol. The van der Waals surface area contributed by atoms with E-state index in [4.69, 9.17) is 5.11 Å². The Morgan fingerprint density at radius 2 is 2.00 bits per heavy atom. The second kappa shape index (κ2) is 5.45. The van der Waals surface area contributed by atoms with Crippen molar-refractivity contribution >= 4 is 16.0 Å². The van der Waals surface area contributed by atoms with Crippen molar-refractivity contribution in [2.24, 2.45) is 0 Å². The van der Waals surface area contributed by atoms with Gasteiger partial charge in [-0.2, -0.15) is 4.31 Å². The summed E-state index contributed by atoms with van der Waals surface area (Å²) < 4.78 is 25.1. The Kier molecular flexibility index (Phi) is 4.49. The van der Waals surface area contributed by atoms with Crippen LogP contribution in [0.25, 0.3) is 0 Å². The molecule has 0 saturated heterocycles. The minimum Gasteiger partial charge on any atom is -0.480 e. The first-order valence-electron chi connectivity index (χ1n) is 5.30. The molecule has 1 fully saturated rings. The van der Waals surface area contributed by atoms with E-state index in [1.54, 1.807) is 0 Å². The molecule has 0 aromatic rings. The number of nitrogens with zero attached hydrogens (tertiary/aromatic N) is 1. The highest BCUT2D eigenvalue weighted by Crippen LogP contribution is 2.26. The van der Waals surface area contributed by atoms with E-state index in [-0.39, 0.29) is 6.54 Å². The Morgan fingerprint density at radius 1 is 1.44 bits per heavy atom. The maximum absolute atomic E-state index is 12.1. The third-order valence-corrected chi connectivity index (χ3v) is 5.04. The van der Waals surface area contributed by atoms with E-state index in [9.17, 15) is 13.2 Å². The molecule has 6 heteroatoms. The molecule has 0 amide bonds. The first-order chi connectivity index (χ1) is 7.48. The summed E-state index contributed by atoms with van der Waals surface area (Å²) in [4.78, 5) is 10.6. The molecule has 0 aromatic carbocycles. The molecule has 0 aliphatic heterocycles. The van der Waals surface area contributed by atoms with Crippen molar-refractivity contribution in [1.82, 2.24) is 4.31 Å². The van der Waals surface area contributed by atoms with E-state index in [1.807, 2.05) is 0 Å². The predicted octanol–water partition coefficient (Wildman–Crippen LogP) is 0.831. The quantitative estimate of drug-likeness (QED) is 0.705. The lowest BCUT2D eigenvalue weighted by Crippen LogP contribution is -2.40. The van der Waals surface area contributed by atoms with Crippen LogP contribution in [0.1, 0.15) is 25.7 Å². The lowest BCUT2D eigenvalue weighted by atomic mass is 10.4. The molecular weight excluding hydrogens is 230 g/mol. The number of carbonyl (C=O) groups is 1. The lowest BCUT2D eigenvalue weighted by molar-refractivity contribution is -0.137. The van der Waals surface area contributed by atoms with Gasteiger partial charge < -0.3 is 5.11 Å². The van der Waals surface area contributed by atoms with Crippen molar-refractivity contribution in [3.63, 3.8) is 0 Å². The number of carboxylic acid groups (broad SMARTS) is 1. The van der Waals surface area contributed by atoms with E-state index in [2.05, 4.69) is 6.58 Å². The zero-order valence-electron chi connectivity index (χ0n) is 9.13. The zero-order chi connectivity index (χ0) is 12.2. The molecule has 0 atom stereocenters. The molecule has 1 rings (SSSR count). The van der Waals surface area contributed by atoms with Gasteiger partial charge in [-0.25, -0.2) is 8.42 Å². The fourth-order valence-electron chi connectivity index (χ4n) is 1.95. The topological polar surface area (TPSA) is 74.7 Å². The van der Waals surface area contributed by atoms with Gasteiger partial charge in [0.1, 0.15) is 6.54 Å². The highest BCUT2D eigenvalue weighted by molar-refractivity contribution is 7.89. The van der Waals surface area contributed by atoms with Gasteiger partial charge in [-0.3, -0.25) is 4.79 Å². The summed E-state index contributed by atoms with van der Waals surface area (Å²) in [6, 6.07) is 0. The minimum atomic E-state index is -3.48. The summed E-state index contributed by atoms with van der Waals surface area (Å²) in [6.07, 6.45) is 4.48. The normalized spacial score (nSPS) is 17.8. The fourth-order valence-corrected chi connectivity index (χ4v) is 3.90. The van der Waals surface area contributed by atoms with Gasteiger partial charge in [0.25, 0.3) is 0 Å². The van der Waals surface area contributed by atoms with Crippen LogP contribution < -0.4 is 0 Å². The van der Waals surface area contributed by atoms with Crippen LogP contribution in [0.15, 0.2) is 12.7 Å². The van der Waals surface area contributed by atoms with E-state index in [0.717, 1.165) is 17.1 Å². The van der Waals surface area contributed by atoms with Crippen LogP contribution in [0.2, 0.25) is 0 Å². The molecule has 0 aromatic heterocycles. The molecule has 0 radical (unpaired) electrons. The Morgan fingerprint density at radius 3 is 2.44 bits per heavy atom. The number of hydrogen-bond donors (Lipinski definition) is 1. The third kappa shape index (κ3) is 3.05. The van der Waals surface area contributed by atoms with Gasteiger partial charge >= 0.3 is 5.97 Å². The highest BCUT2D eigenvalue weighted by atomic mass is 32.2. The summed E-state index contributed by atoms with van der Waals surface area (Å²) in [6.45, 7) is 3.03. The van der Waals surface area contributed by atoms with Gasteiger partial charge in [0.2, 0.25) is 10.0 Å². The number of rotatable bonds is 6. The molecular formula is C10H17NO4S. The molecule has 0 unspecified atom stereocenters. The molecule has 16 heavy (non-hydrogen) atoms. The van der Waals surface area contributed by atoms with E-state index in [1.165, 1.54) is 6.08 Å². The van der Waals surface area contributed by atoms with Crippen LogP contribution in [0.3, 0.4) is 0 Å². The summed E-state index contributed by atoms with van der Waals surface area (Å²) in [5.41, 5.74) is 0. The Bertz CT molecular complexity index is 357. The van der Waals surface area contributed by atoms with Gasteiger partial charge in [-0.15, -0.1) is 6.58 Å². The van der Waals surface area contributed by atoms with Crippen molar-refractivity contribution < 1.29 is 18.3 Å². The molecule has 92 valence electrons. The van der Waals surface area contributed by atoms with Gasteiger partial charge in [0, 0.05) is 6.54 Å². The van der Waals surface area contributed by atoms with Crippen molar-refractivity contribution in [3.8, 4) is 0 Å². The first kappa shape index (κ1) is 13.2. The summed E-state index contributed by atoms with van der Waals surface area (Å²) in [7, 11) is -3.48. The second-order valence-corrected chi connectivity index (χ2v) is 6.14. The molecule has 5 nitrogen and oxygen atoms in total. The van der Waals surface area contributed by atoms with Crippen LogP contribution >= 0.6 is 0 Å². The maximum atomic E-state index is 12.1. The lowest BCUT2D eigenvalue weighted by Gasteiger charge is -2.22. The summed E-state index contributed by atoms with van der Waals surface area (Å²) >= 11 is 0. The number of aliphatic carboxylic acids is 1. The third-order valence-electron chi connectivity index (χ3n) is 2.73. The molecule has 1 saturated carbocycles. The van der Waals surface area contributed by atoms with E-state index in [0.29, 0.717) is 12.8 Å². The fraction of sp³-hybridized carbons (Fsp3) is 0.700. The summed E-state index contributed by atoms with van der Waals surface area (Å²) in [5.74, 6) is -1.14. The first-order valence-corrected chi connectivity index (χ1v) is 6.80. The van der Waals surface area contributed by atoms with Crippen LogP contribution in [-0.4, -0.2) is 42.1 Å². The maximum Gasteiger partial charge on any atom is 0.318 e. The minimum absolute atomic E-state index is 0.0606. The van der Waals surface area contributed by atoms with Crippen molar-refractivity contribution in [2.45, 2.75) is 30.9 Å². The van der Waals surface area contributed by atoms with Crippen LogP contribution in [0, 0.1) is 0 Å². The molecule has 0 heterocycles. The molecule has 0 bridgehead atoms. The smallest absolute Gasteiger partial charge is 0.318 e. The number of hydrogen-bond acceptors (Lipinski definition) is 3. The molecule has 1 aliphatic carbocycles. The molecule has 1 aliphatic rings. The zero-order valence-corrected chi connectivity index (χ0v) is 9.95. The van der Waals surface area contributed by atoms with E-state index >= 15 is 0 Å². The SMILES string of the molecule is C=CCN(CC(=O)O)S(=O)(=O)C1CCCC1. The van der Waals surface area contributed by atoms with Crippen LogP contribution in [0.4, 0.5) is 0 Å². The average Bonchev–Trinajstić information content (AvgIpc) is 2.69. The number of carboxylic acids is 1. The Balaban J connectivity index is 2.82. The largest absolute Gasteiger partial charge is 0.480 e. The van der Waals surface area contributed by atoms with Gasteiger partial charge in [-0.05, 0) is 12.8 Å². The van der Waals surface area contributed by atoms with E-state index < -0.39 is 27.8 Å². The number of sulfonamides is 1. The predicted molar refractivity (Wildman–Crippen MR) is 60.6 cm³/mol. The highest BCUT2D eigenvalue weighted by Gasteiger charge is 2.34. The van der Waals surface area contributed by atoms with Crippen molar-refractivity contribution in [1.29, 1.82) is 0 Å².